The van der Waals surface area contributed by atoms with Crippen molar-refractivity contribution in [3.63, 3.8) is 0 Å². The lowest BCUT2D eigenvalue weighted by Crippen LogP contribution is -2.50. The molecule has 0 aromatic rings. The third kappa shape index (κ3) is 2.27. The lowest BCUT2D eigenvalue weighted by molar-refractivity contribution is -0.138. The molecular formula is C10H16N2O4. The molecule has 4 unspecified atom stereocenters. The van der Waals surface area contributed by atoms with Crippen molar-refractivity contribution in [1.82, 2.24) is 10.6 Å². The second kappa shape index (κ2) is 4.29. The van der Waals surface area contributed by atoms with Crippen LogP contribution in [0.25, 0.3) is 0 Å². The van der Waals surface area contributed by atoms with Crippen molar-refractivity contribution < 1.29 is 19.4 Å². The monoisotopic (exact) mass is 228 g/mol. The van der Waals surface area contributed by atoms with E-state index < -0.39 is 18.0 Å². The molecule has 0 aliphatic carbocycles. The molecule has 2 aliphatic heterocycles. The third-order valence-electron chi connectivity index (χ3n) is 3.14. The van der Waals surface area contributed by atoms with Crippen molar-refractivity contribution in [2.45, 2.75) is 50.5 Å². The molecule has 0 radical (unpaired) electrons. The zero-order valence-electron chi connectivity index (χ0n) is 9.10. The van der Waals surface area contributed by atoms with Crippen LogP contribution >= 0.6 is 0 Å². The number of urea groups is 1. The molecule has 0 aromatic carbocycles. The molecule has 2 aliphatic rings. The zero-order chi connectivity index (χ0) is 11.7. The molecule has 2 bridgehead atoms. The lowest BCUT2D eigenvalue weighted by atomic mass is 9.96. The highest BCUT2D eigenvalue weighted by Crippen LogP contribution is 2.34. The van der Waals surface area contributed by atoms with Gasteiger partial charge in [-0.25, -0.2) is 4.79 Å². The number of hydrogen-bond donors (Lipinski definition) is 3. The van der Waals surface area contributed by atoms with Crippen LogP contribution in [0.15, 0.2) is 0 Å². The average Bonchev–Trinajstić information content (AvgIpc) is 2.78. The van der Waals surface area contributed by atoms with E-state index in [1.165, 1.54) is 6.92 Å². The number of carbonyl (C=O) groups excluding carboxylic acids is 1. The Hall–Kier alpha value is -1.30. The van der Waals surface area contributed by atoms with E-state index in [-0.39, 0.29) is 18.2 Å². The number of ether oxygens (including phenoxy) is 1. The second-order valence-electron chi connectivity index (χ2n) is 4.39. The van der Waals surface area contributed by atoms with Crippen LogP contribution in [0.1, 0.15) is 26.2 Å². The summed E-state index contributed by atoms with van der Waals surface area (Å²) >= 11 is 0. The predicted octanol–water partition coefficient (Wildman–Crippen LogP) is 0.0786. The highest BCUT2D eigenvalue weighted by Gasteiger charge is 2.41. The SMILES string of the molecule is CC(NC(=O)NC1CC2CCC1O2)C(=O)O. The summed E-state index contributed by atoms with van der Waals surface area (Å²) in [6.07, 6.45) is 3.25. The van der Waals surface area contributed by atoms with E-state index in [4.69, 9.17) is 9.84 Å². The molecular weight excluding hydrogens is 212 g/mol. The quantitative estimate of drug-likeness (QED) is 0.638. The van der Waals surface area contributed by atoms with Gasteiger partial charge in [0.05, 0.1) is 18.2 Å². The number of nitrogens with one attached hydrogen (secondary N) is 2. The van der Waals surface area contributed by atoms with Gasteiger partial charge in [-0.1, -0.05) is 0 Å². The maximum Gasteiger partial charge on any atom is 0.325 e. The van der Waals surface area contributed by atoms with Gasteiger partial charge < -0.3 is 20.5 Å². The summed E-state index contributed by atoms with van der Waals surface area (Å²) in [6, 6.07) is -1.28. The normalized spacial score (nSPS) is 33.4. The molecule has 16 heavy (non-hydrogen) atoms. The Labute approximate surface area is 93.3 Å². The van der Waals surface area contributed by atoms with Crippen molar-refractivity contribution in [3.8, 4) is 0 Å². The van der Waals surface area contributed by atoms with Gasteiger partial charge >= 0.3 is 12.0 Å². The van der Waals surface area contributed by atoms with Gasteiger partial charge in [0.15, 0.2) is 0 Å². The van der Waals surface area contributed by atoms with E-state index in [9.17, 15) is 9.59 Å². The maximum atomic E-state index is 11.4. The van der Waals surface area contributed by atoms with Gasteiger partial charge in [-0.05, 0) is 26.2 Å². The molecule has 2 fully saturated rings. The number of carboxylic acids is 1. The molecule has 3 N–H and O–H groups in total. The van der Waals surface area contributed by atoms with Gasteiger partial charge in [0.2, 0.25) is 0 Å². The molecule has 2 heterocycles. The van der Waals surface area contributed by atoms with Gasteiger partial charge in [0, 0.05) is 0 Å². The van der Waals surface area contributed by atoms with Crippen molar-refractivity contribution in [2.75, 3.05) is 0 Å². The van der Waals surface area contributed by atoms with Gasteiger partial charge in [-0.2, -0.15) is 0 Å². The van der Waals surface area contributed by atoms with E-state index in [1.807, 2.05) is 0 Å². The molecule has 2 amide bonds. The molecule has 0 spiro atoms. The van der Waals surface area contributed by atoms with Crippen molar-refractivity contribution in [2.24, 2.45) is 0 Å². The summed E-state index contributed by atoms with van der Waals surface area (Å²) in [5.74, 6) is -1.04. The fourth-order valence-electron chi connectivity index (χ4n) is 2.26. The number of fused-ring (bicyclic) bond motifs is 2. The Morgan fingerprint density at radius 3 is 2.69 bits per heavy atom. The van der Waals surface area contributed by atoms with Crippen LogP contribution in [-0.2, 0) is 9.53 Å². The van der Waals surface area contributed by atoms with Crippen molar-refractivity contribution in [3.05, 3.63) is 0 Å². The number of rotatable bonds is 3. The van der Waals surface area contributed by atoms with E-state index >= 15 is 0 Å². The fourth-order valence-corrected chi connectivity index (χ4v) is 2.26. The number of amides is 2. The first kappa shape index (κ1) is 11.2. The summed E-state index contributed by atoms with van der Waals surface area (Å²) in [5.41, 5.74) is 0. The molecule has 0 aromatic heterocycles. The standard InChI is InChI=1S/C10H16N2O4/c1-5(9(13)14)11-10(15)12-7-4-6-2-3-8(7)16-6/h5-8H,2-4H2,1H3,(H,13,14)(H2,11,12,15). The minimum Gasteiger partial charge on any atom is -0.480 e. The van der Waals surface area contributed by atoms with E-state index in [0.717, 1.165) is 19.3 Å². The minimum absolute atomic E-state index is 0.0275. The van der Waals surface area contributed by atoms with Crippen molar-refractivity contribution >= 4 is 12.0 Å². The maximum absolute atomic E-state index is 11.4. The van der Waals surface area contributed by atoms with E-state index in [2.05, 4.69) is 10.6 Å². The molecule has 6 heteroatoms. The van der Waals surface area contributed by atoms with Gasteiger partial charge in [-0.15, -0.1) is 0 Å². The second-order valence-corrected chi connectivity index (χ2v) is 4.39. The largest absolute Gasteiger partial charge is 0.480 e. The Balaban J connectivity index is 1.77. The third-order valence-corrected chi connectivity index (χ3v) is 3.14. The molecule has 6 nitrogen and oxygen atoms in total. The summed E-state index contributed by atoms with van der Waals surface area (Å²) < 4.78 is 5.58. The van der Waals surface area contributed by atoms with Crippen LogP contribution in [0.5, 0.6) is 0 Å². The van der Waals surface area contributed by atoms with E-state index in [0.29, 0.717) is 0 Å². The predicted molar refractivity (Wildman–Crippen MR) is 55.1 cm³/mol. The Morgan fingerprint density at radius 2 is 2.19 bits per heavy atom. The fraction of sp³-hybridized carbons (Fsp3) is 0.800. The van der Waals surface area contributed by atoms with Gasteiger partial charge in [0.25, 0.3) is 0 Å². The van der Waals surface area contributed by atoms with Crippen LogP contribution in [0.3, 0.4) is 0 Å². The van der Waals surface area contributed by atoms with Crippen LogP contribution in [0.2, 0.25) is 0 Å². The summed E-state index contributed by atoms with van der Waals surface area (Å²) in [7, 11) is 0. The highest BCUT2D eigenvalue weighted by molar-refractivity contribution is 5.82. The lowest BCUT2D eigenvalue weighted by Gasteiger charge is -2.21. The summed E-state index contributed by atoms with van der Waals surface area (Å²) in [5, 5.41) is 13.7. The Bertz CT molecular complexity index is 307. The molecule has 0 saturated carbocycles. The van der Waals surface area contributed by atoms with Gasteiger partial charge in [0.1, 0.15) is 6.04 Å². The van der Waals surface area contributed by atoms with Gasteiger partial charge in [-0.3, -0.25) is 4.79 Å². The molecule has 2 saturated heterocycles. The van der Waals surface area contributed by atoms with Crippen LogP contribution < -0.4 is 10.6 Å². The number of carbonyl (C=O) groups is 2. The summed E-state index contributed by atoms with van der Waals surface area (Å²) in [4.78, 5) is 22.0. The highest BCUT2D eigenvalue weighted by atomic mass is 16.5. The van der Waals surface area contributed by atoms with Crippen LogP contribution in [0.4, 0.5) is 4.79 Å². The average molecular weight is 228 g/mol. The Kier molecular flexibility index (Phi) is 3.00. The topological polar surface area (TPSA) is 87.7 Å². The zero-order valence-corrected chi connectivity index (χ0v) is 9.10. The van der Waals surface area contributed by atoms with Crippen LogP contribution in [-0.4, -0.2) is 41.4 Å². The van der Waals surface area contributed by atoms with Crippen LogP contribution in [0, 0.1) is 0 Å². The molecule has 90 valence electrons. The van der Waals surface area contributed by atoms with Crippen molar-refractivity contribution in [1.29, 1.82) is 0 Å². The number of hydrogen-bond acceptors (Lipinski definition) is 3. The summed E-state index contributed by atoms with van der Waals surface area (Å²) in [6.45, 7) is 1.43. The smallest absolute Gasteiger partial charge is 0.325 e. The Morgan fingerprint density at radius 1 is 1.44 bits per heavy atom. The first-order valence-corrected chi connectivity index (χ1v) is 5.51. The molecule has 4 atom stereocenters. The molecule has 2 rings (SSSR count). The number of aliphatic carboxylic acids is 1. The minimum atomic E-state index is -1.04. The first-order chi connectivity index (χ1) is 7.56. The first-order valence-electron chi connectivity index (χ1n) is 5.51. The van der Waals surface area contributed by atoms with E-state index in [1.54, 1.807) is 0 Å². The number of carboxylic acid groups (broad SMARTS) is 1.